The zero-order valence-corrected chi connectivity index (χ0v) is 12.2. The van der Waals surface area contributed by atoms with E-state index in [0.29, 0.717) is 12.8 Å². The highest BCUT2D eigenvalue weighted by atomic mass is 19.4. The summed E-state index contributed by atoms with van der Waals surface area (Å²) in [5.41, 5.74) is 3.92. The molecule has 0 saturated heterocycles. The van der Waals surface area contributed by atoms with E-state index in [1.165, 1.54) is 0 Å². The molecule has 1 unspecified atom stereocenters. The van der Waals surface area contributed by atoms with Gasteiger partial charge in [-0.1, -0.05) is 0 Å². The topological polar surface area (TPSA) is 55.9 Å². The lowest BCUT2D eigenvalue weighted by Gasteiger charge is -2.34. The van der Waals surface area contributed by atoms with Gasteiger partial charge in [0, 0.05) is 19.3 Å². The molecule has 0 spiro atoms. The van der Waals surface area contributed by atoms with E-state index < -0.39 is 12.1 Å². The van der Waals surface area contributed by atoms with Crippen LogP contribution in [-0.4, -0.2) is 22.0 Å². The summed E-state index contributed by atoms with van der Waals surface area (Å²) in [5.74, 6) is 4.69. The fourth-order valence-corrected chi connectivity index (χ4v) is 3.23. The number of hydrogen-bond acceptors (Lipinski definition) is 3. The molecule has 1 aromatic heterocycles. The molecule has 0 aromatic carbocycles. The second-order valence-corrected chi connectivity index (χ2v) is 5.99. The van der Waals surface area contributed by atoms with Crippen LogP contribution in [0.15, 0.2) is 12.4 Å². The van der Waals surface area contributed by atoms with Crippen molar-refractivity contribution >= 4 is 0 Å². The first-order valence-electron chi connectivity index (χ1n) is 7.40. The predicted octanol–water partition coefficient (Wildman–Crippen LogP) is 2.55. The number of hydrogen-bond donors (Lipinski definition) is 2. The Kier molecular flexibility index (Phi) is 5.27. The third kappa shape index (κ3) is 4.44. The molecule has 1 aromatic rings. The Morgan fingerprint density at radius 1 is 1.38 bits per heavy atom. The maximum atomic E-state index is 12.7. The van der Waals surface area contributed by atoms with Crippen LogP contribution < -0.4 is 11.3 Å². The first kappa shape index (κ1) is 16.3. The van der Waals surface area contributed by atoms with Crippen LogP contribution in [0.3, 0.4) is 0 Å². The van der Waals surface area contributed by atoms with Crippen molar-refractivity contribution in [2.45, 2.75) is 50.7 Å². The summed E-state index contributed by atoms with van der Waals surface area (Å²) in [7, 11) is 1.86. The fourth-order valence-electron chi connectivity index (χ4n) is 3.23. The molecule has 1 aliphatic carbocycles. The van der Waals surface area contributed by atoms with Crippen LogP contribution in [0.5, 0.6) is 0 Å². The fraction of sp³-hybridized carbons (Fsp3) is 0.786. The molecule has 2 rings (SSSR count). The molecule has 0 amide bonds. The lowest BCUT2D eigenvalue weighted by molar-refractivity contribution is -0.184. The molecule has 0 radical (unpaired) electrons. The van der Waals surface area contributed by atoms with Gasteiger partial charge in [-0.2, -0.15) is 18.3 Å². The minimum absolute atomic E-state index is 0.0689. The maximum absolute atomic E-state index is 12.7. The van der Waals surface area contributed by atoms with E-state index in [4.69, 9.17) is 5.84 Å². The Morgan fingerprint density at radius 3 is 2.52 bits per heavy atom. The van der Waals surface area contributed by atoms with E-state index in [-0.39, 0.29) is 24.8 Å². The molecule has 1 aliphatic rings. The molecule has 1 heterocycles. The monoisotopic (exact) mass is 304 g/mol. The molecule has 21 heavy (non-hydrogen) atoms. The summed E-state index contributed by atoms with van der Waals surface area (Å²) in [6.07, 6.45) is 3.00. The molecule has 7 heteroatoms. The van der Waals surface area contributed by atoms with Crippen molar-refractivity contribution in [3.8, 4) is 0 Å². The first-order valence-corrected chi connectivity index (χ1v) is 7.40. The highest BCUT2D eigenvalue weighted by Gasteiger charge is 2.42. The van der Waals surface area contributed by atoms with Crippen LogP contribution in [-0.2, 0) is 13.5 Å². The van der Waals surface area contributed by atoms with Gasteiger partial charge < -0.3 is 0 Å². The summed E-state index contributed by atoms with van der Waals surface area (Å²) in [4.78, 5) is 0. The third-order valence-electron chi connectivity index (χ3n) is 4.52. The number of halogens is 3. The standard InChI is InChI=1S/C14H23F3N4/c1-21-9-10(8-19-21)2-7-13(20-18)11-3-5-12(6-4-11)14(15,16)17/h8-9,11-13,20H,2-7,18H2,1H3. The average Bonchev–Trinajstić information content (AvgIpc) is 2.85. The number of nitrogens with zero attached hydrogens (tertiary/aromatic N) is 2. The Bertz CT molecular complexity index is 436. The molecular formula is C14H23F3N4. The number of rotatable bonds is 5. The number of aryl methyl sites for hydroxylation is 2. The maximum Gasteiger partial charge on any atom is 0.391 e. The highest BCUT2D eigenvalue weighted by molar-refractivity contribution is 5.04. The lowest BCUT2D eigenvalue weighted by atomic mass is 9.77. The van der Waals surface area contributed by atoms with Gasteiger partial charge in [0.1, 0.15) is 0 Å². The summed E-state index contributed by atoms with van der Waals surface area (Å²) in [6.45, 7) is 0. The van der Waals surface area contributed by atoms with Crippen LogP contribution in [0.2, 0.25) is 0 Å². The minimum atomic E-state index is -4.05. The van der Waals surface area contributed by atoms with E-state index in [9.17, 15) is 13.2 Å². The van der Waals surface area contributed by atoms with Gasteiger partial charge in [-0.3, -0.25) is 16.0 Å². The SMILES string of the molecule is Cn1cc(CCC(NN)C2CCC(C(F)(F)F)CC2)cn1. The Hall–Kier alpha value is -1.08. The van der Waals surface area contributed by atoms with Gasteiger partial charge in [0.15, 0.2) is 0 Å². The van der Waals surface area contributed by atoms with Gasteiger partial charge in [0.2, 0.25) is 0 Å². The highest BCUT2D eigenvalue weighted by Crippen LogP contribution is 2.40. The van der Waals surface area contributed by atoms with Crippen LogP contribution in [0, 0.1) is 11.8 Å². The first-order chi connectivity index (χ1) is 9.90. The Balaban J connectivity index is 1.82. The summed E-state index contributed by atoms with van der Waals surface area (Å²) >= 11 is 0. The molecule has 120 valence electrons. The van der Waals surface area contributed by atoms with Crippen molar-refractivity contribution in [1.29, 1.82) is 0 Å². The van der Waals surface area contributed by atoms with Gasteiger partial charge in [-0.25, -0.2) is 0 Å². The van der Waals surface area contributed by atoms with Crippen LogP contribution >= 0.6 is 0 Å². The molecule has 3 N–H and O–H groups in total. The number of alkyl halides is 3. The molecule has 0 bridgehead atoms. The van der Waals surface area contributed by atoms with E-state index in [2.05, 4.69) is 10.5 Å². The zero-order valence-electron chi connectivity index (χ0n) is 12.2. The average molecular weight is 304 g/mol. The van der Waals surface area contributed by atoms with E-state index in [1.54, 1.807) is 4.68 Å². The predicted molar refractivity (Wildman–Crippen MR) is 74.1 cm³/mol. The molecule has 0 aliphatic heterocycles. The normalized spacial score (nSPS) is 25.0. The quantitative estimate of drug-likeness (QED) is 0.649. The van der Waals surface area contributed by atoms with Crippen molar-refractivity contribution < 1.29 is 13.2 Å². The molecule has 1 saturated carbocycles. The number of nitrogens with one attached hydrogen (secondary N) is 1. The molecule has 4 nitrogen and oxygen atoms in total. The summed E-state index contributed by atoms with van der Waals surface area (Å²) < 4.78 is 39.8. The van der Waals surface area contributed by atoms with Gasteiger partial charge >= 0.3 is 6.18 Å². The Labute approximate surface area is 122 Å². The number of hydrazine groups is 1. The minimum Gasteiger partial charge on any atom is -0.276 e. The lowest BCUT2D eigenvalue weighted by Crippen LogP contribution is -2.43. The summed E-state index contributed by atoms with van der Waals surface area (Å²) in [6, 6.07) is 0.0689. The van der Waals surface area contributed by atoms with E-state index in [0.717, 1.165) is 18.4 Å². The second-order valence-electron chi connectivity index (χ2n) is 5.99. The van der Waals surface area contributed by atoms with Crippen molar-refractivity contribution in [2.24, 2.45) is 24.7 Å². The molecule has 1 fully saturated rings. The van der Waals surface area contributed by atoms with Gasteiger partial charge in [0.25, 0.3) is 0 Å². The smallest absolute Gasteiger partial charge is 0.276 e. The summed E-state index contributed by atoms with van der Waals surface area (Å²) in [5, 5.41) is 4.11. The van der Waals surface area contributed by atoms with Crippen molar-refractivity contribution in [2.75, 3.05) is 0 Å². The van der Waals surface area contributed by atoms with Crippen molar-refractivity contribution in [1.82, 2.24) is 15.2 Å². The van der Waals surface area contributed by atoms with Crippen molar-refractivity contribution in [3.63, 3.8) is 0 Å². The van der Waals surface area contributed by atoms with Crippen LogP contribution in [0.25, 0.3) is 0 Å². The third-order valence-corrected chi connectivity index (χ3v) is 4.52. The number of aromatic nitrogens is 2. The van der Waals surface area contributed by atoms with Crippen molar-refractivity contribution in [3.05, 3.63) is 18.0 Å². The Morgan fingerprint density at radius 2 is 2.05 bits per heavy atom. The van der Waals surface area contributed by atoms with E-state index >= 15 is 0 Å². The largest absolute Gasteiger partial charge is 0.391 e. The van der Waals surface area contributed by atoms with Crippen LogP contribution in [0.1, 0.15) is 37.7 Å². The van der Waals surface area contributed by atoms with Gasteiger partial charge in [-0.15, -0.1) is 0 Å². The second kappa shape index (κ2) is 6.79. The van der Waals surface area contributed by atoms with E-state index in [1.807, 2.05) is 19.4 Å². The zero-order chi connectivity index (χ0) is 15.5. The molecule has 1 atom stereocenters. The van der Waals surface area contributed by atoms with Crippen LogP contribution in [0.4, 0.5) is 13.2 Å². The van der Waals surface area contributed by atoms with Gasteiger partial charge in [0.05, 0.1) is 12.1 Å². The molecular weight excluding hydrogens is 281 g/mol. The van der Waals surface area contributed by atoms with Gasteiger partial charge in [-0.05, 0) is 50.0 Å². The number of nitrogens with two attached hydrogens (primary N) is 1.